The molecule has 2 aromatic carbocycles. The van der Waals surface area contributed by atoms with E-state index in [4.69, 9.17) is 0 Å². The molecule has 0 atom stereocenters. The van der Waals surface area contributed by atoms with Gasteiger partial charge in [0.15, 0.2) is 0 Å². The molecule has 0 aromatic heterocycles. The maximum atomic E-state index is 12.9. The number of aryl methyl sites for hydroxylation is 1. The van der Waals surface area contributed by atoms with Gasteiger partial charge in [-0.1, -0.05) is 29.8 Å². The zero-order valence-corrected chi connectivity index (χ0v) is 12.5. The highest BCUT2D eigenvalue weighted by atomic mass is 16.2. The molecule has 108 valence electrons. The first-order chi connectivity index (χ1) is 10.2. The van der Waals surface area contributed by atoms with Crippen molar-refractivity contribution in [3.63, 3.8) is 0 Å². The summed E-state index contributed by atoms with van der Waals surface area (Å²) in [4.78, 5) is 17.0. The maximum Gasteiger partial charge on any atom is 0.258 e. The van der Waals surface area contributed by atoms with E-state index in [1.807, 2.05) is 54.3 Å². The predicted octanol–water partition coefficient (Wildman–Crippen LogP) is 3.48. The van der Waals surface area contributed by atoms with Crippen LogP contribution in [0.5, 0.6) is 0 Å². The first kappa shape index (κ1) is 13.7. The van der Waals surface area contributed by atoms with Crippen LogP contribution in [0.4, 0.5) is 11.4 Å². The summed E-state index contributed by atoms with van der Waals surface area (Å²) in [6, 6.07) is 15.9. The van der Waals surface area contributed by atoms with Crippen molar-refractivity contribution in [2.75, 3.05) is 29.9 Å². The van der Waals surface area contributed by atoms with E-state index in [-0.39, 0.29) is 5.91 Å². The highest BCUT2D eigenvalue weighted by Gasteiger charge is 2.23. The molecule has 0 radical (unpaired) electrons. The third kappa shape index (κ3) is 2.64. The van der Waals surface area contributed by atoms with Gasteiger partial charge in [0.25, 0.3) is 5.91 Å². The predicted molar refractivity (Wildman–Crippen MR) is 87.2 cm³/mol. The molecule has 0 saturated heterocycles. The molecular weight excluding hydrogens is 260 g/mol. The van der Waals surface area contributed by atoms with Crippen LogP contribution in [-0.2, 0) is 0 Å². The Balaban J connectivity index is 2.02. The molecule has 0 spiro atoms. The number of hydrogen-bond acceptors (Lipinski definition) is 2. The maximum absolute atomic E-state index is 12.9. The standard InChI is InChI=1S/C18H20N2O/c1-14-7-5-8-15(13-14)18(21)20-12-6-11-19(2)16-9-3-4-10-17(16)20/h3-5,7-10,13H,6,11-12H2,1-2H3. The fourth-order valence-electron chi connectivity index (χ4n) is 2.87. The second kappa shape index (κ2) is 5.60. The molecule has 2 aromatic rings. The number of benzene rings is 2. The lowest BCUT2D eigenvalue weighted by Crippen LogP contribution is -2.31. The Kier molecular flexibility index (Phi) is 3.65. The van der Waals surface area contributed by atoms with Gasteiger partial charge in [-0.05, 0) is 37.6 Å². The first-order valence-electron chi connectivity index (χ1n) is 7.35. The highest BCUT2D eigenvalue weighted by Crippen LogP contribution is 2.32. The molecule has 1 aliphatic rings. The van der Waals surface area contributed by atoms with Crippen molar-refractivity contribution in [3.05, 3.63) is 59.7 Å². The topological polar surface area (TPSA) is 23.6 Å². The quantitative estimate of drug-likeness (QED) is 0.798. The lowest BCUT2D eigenvalue weighted by atomic mass is 10.1. The lowest BCUT2D eigenvalue weighted by molar-refractivity contribution is 0.0987. The molecule has 1 amide bonds. The Morgan fingerprint density at radius 3 is 2.52 bits per heavy atom. The van der Waals surface area contributed by atoms with Crippen molar-refractivity contribution in [1.29, 1.82) is 0 Å². The summed E-state index contributed by atoms with van der Waals surface area (Å²) < 4.78 is 0. The van der Waals surface area contributed by atoms with Gasteiger partial charge in [-0.2, -0.15) is 0 Å². The Hall–Kier alpha value is -2.29. The fourth-order valence-corrected chi connectivity index (χ4v) is 2.87. The number of para-hydroxylation sites is 2. The van der Waals surface area contributed by atoms with Crippen LogP contribution in [0.25, 0.3) is 0 Å². The molecule has 0 unspecified atom stereocenters. The summed E-state index contributed by atoms with van der Waals surface area (Å²) in [5, 5.41) is 0. The van der Waals surface area contributed by atoms with Crippen LogP contribution in [0.15, 0.2) is 48.5 Å². The molecular formula is C18H20N2O. The summed E-state index contributed by atoms with van der Waals surface area (Å²) in [6.07, 6.45) is 0.975. The zero-order chi connectivity index (χ0) is 14.8. The van der Waals surface area contributed by atoms with Crippen LogP contribution in [0, 0.1) is 6.92 Å². The highest BCUT2D eigenvalue weighted by molar-refractivity contribution is 6.08. The minimum atomic E-state index is 0.0847. The van der Waals surface area contributed by atoms with Crippen LogP contribution in [0.3, 0.4) is 0 Å². The minimum absolute atomic E-state index is 0.0847. The average molecular weight is 280 g/mol. The van der Waals surface area contributed by atoms with Crippen molar-refractivity contribution in [2.45, 2.75) is 13.3 Å². The van der Waals surface area contributed by atoms with Gasteiger partial charge >= 0.3 is 0 Å². The third-order valence-electron chi connectivity index (χ3n) is 3.97. The lowest BCUT2D eigenvalue weighted by Gasteiger charge is -2.24. The number of fused-ring (bicyclic) bond motifs is 1. The Morgan fingerprint density at radius 1 is 1.00 bits per heavy atom. The monoisotopic (exact) mass is 280 g/mol. The van der Waals surface area contributed by atoms with Gasteiger partial charge in [0.05, 0.1) is 11.4 Å². The average Bonchev–Trinajstić information content (AvgIpc) is 2.66. The van der Waals surface area contributed by atoms with Gasteiger partial charge in [-0.25, -0.2) is 0 Å². The Labute approximate surface area is 125 Å². The first-order valence-corrected chi connectivity index (χ1v) is 7.35. The third-order valence-corrected chi connectivity index (χ3v) is 3.97. The molecule has 0 N–H and O–H groups in total. The van der Waals surface area contributed by atoms with Crippen LogP contribution in [0.2, 0.25) is 0 Å². The molecule has 0 aliphatic carbocycles. The largest absolute Gasteiger partial charge is 0.373 e. The second-order valence-electron chi connectivity index (χ2n) is 5.59. The van der Waals surface area contributed by atoms with Crippen molar-refractivity contribution in [2.24, 2.45) is 0 Å². The molecule has 1 heterocycles. The summed E-state index contributed by atoms with van der Waals surface area (Å²) >= 11 is 0. The van der Waals surface area contributed by atoms with Crippen LogP contribution < -0.4 is 9.80 Å². The number of rotatable bonds is 1. The fraction of sp³-hybridized carbons (Fsp3) is 0.278. The van der Waals surface area contributed by atoms with Crippen molar-refractivity contribution in [1.82, 2.24) is 0 Å². The number of carbonyl (C=O) groups excluding carboxylic acids is 1. The van der Waals surface area contributed by atoms with Gasteiger partial charge < -0.3 is 9.80 Å². The van der Waals surface area contributed by atoms with Crippen LogP contribution in [-0.4, -0.2) is 26.0 Å². The van der Waals surface area contributed by atoms with Gasteiger partial charge in [0, 0.05) is 25.7 Å². The number of anilines is 2. The minimum Gasteiger partial charge on any atom is -0.373 e. The molecule has 21 heavy (non-hydrogen) atoms. The van der Waals surface area contributed by atoms with Gasteiger partial charge in [0.2, 0.25) is 0 Å². The van der Waals surface area contributed by atoms with E-state index in [0.717, 1.165) is 42.0 Å². The number of hydrogen-bond donors (Lipinski definition) is 0. The number of carbonyl (C=O) groups is 1. The van der Waals surface area contributed by atoms with E-state index in [1.54, 1.807) is 0 Å². The van der Waals surface area contributed by atoms with Crippen molar-refractivity contribution in [3.8, 4) is 0 Å². The molecule has 3 rings (SSSR count). The van der Waals surface area contributed by atoms with Crippen LogP contribution in [0.1, 0.15) is 22.3 Å². The van der Waals surface area contributed by atoms with E-state index in [0.29, 0.717) is 0 Å². The van der Waals surface area contributed by atoms with E-state index in [9.17, 15) is 4.79 Å². The van der Waals surface area contributed by atoms with E-state index >= 15 is 0 Å². The van der Waals surface area contributed by atoms with E-state index in [2.05, 4.69) is 18.0 Å². The summed E-state index contributed by atoms with van der Waals surface area (Å²) in [7, 11) is 2.08. The molecule has 1 aliphatic heterocycles. The van der Waals surface area contributed by atoms with Gasteiger partial charge in [-0.15, -0.1) is 0 Å². The van der Waals surface area contributed by atoms with Gasteiger partial charge in [-0.3, -0.25) is 4.79 Å². The number of amides is 1. The van der Waals surface area contributed by atoms with E-state index < -0.39 is 0 Å². The van der Waals surface area contributed by atoms with Crippen molar-refractivity contribution < 1.29 is 4.79 Å². The normalized spacial score (nSPS) is 14.6. The summed E-state index contributed by atoms with van der Waals surface area (Å²) in [5.74, 6) is 0.0847. The Bertz CT molecular complexity index is 666. The molecule has 0 bridgehead atoms. The Morgan fingerprint density at radius 2 is 1.76 bits per heavy atom. The summed E-state index contributed by atoms with van der Waals surface area (Å²) in [5.41, 5.74) is 4.00. The molecule has 3 heteroatoms. The number of nitrogens with zero attached hydrogens (tertiary/aromatic N) is 2. The van der Waals surface area contributed by atoms with Gasteiger partial charge in [0.1, 0.15) is 0 Å². The molecule has 0 fully saturated rings. The van der Waals surface area contributed by atoms with Crippen LogP contribution >= 0.6 is 0 Å². The van der Waals surface area contributed by atoms with Crippen molar-refractivity contribution >= 4 is 17.3 Å². The second-order valence-corrected chi connectivity index (χ2v) is 5.59. The SMILES string of the molecule is Cc1cccc(C(=O)N2CCCN(C)c3ccccc32)c1. The van der Waals surface area contributed by atoms with E-state index in [1.165, 1.54) is 0 Å². The zero-order valence-electron chi connectivity index (χ0n) is 12.5. The molecule has 0 saturated carbocycles. The summed E-state index contributed by atoms with van der Waals surface area (Å²) in [6.45, 7) is 3.74. The molecule has 3 nitrogen and oxygen atoms in total. The smallest absolute Gasteiger partial charge is 0.258 e.